The third-order valence-corrected chi connectivity index (χ3v) is 8.86. The van der Waals surface area contributed by atoms with Crippen LogP contribution in [0.2, 0.25) is 0 Å². The highest BCUT2D eigenvalue weighted by atomic mass is 32.1. The summed E-state index contributed by atoms with van der Waals surface area (Å²) in [6, 6.07) is 51.7. The zero-order valence-corrected chi connectivity index (χ0v) is 22.5. The molecule has 0 aliphatic rings. The van der Waals surface area contributed by atoms with Crippen LogP contribution in [-0.2, 0) is 0 Å². The van der Waals surface area contributed by atoms with E-state index >= 15 is 0 Å². The highest BCUT2D eigenvalue weighted by Gasteiger charge is 2.22. The molecule has 8 rings (SSSR count). The number of fused-ring (bicyclic) bond motifs is 4. The number of hydrogen-bond donors (Lipinski definition) is 0. The molecule has 2 heteroatoms. The van der Waals surface area contributed by atoms with Gasteiger partial charge in [-0.2, -0.15) is 0 Å². The highest BCUT2D eigenvalue weighted by Crippen LogP contribution is 2.47. The van der Waals surface area contributed by atoms with Crippen LogP contribution in [0, 0.1) is 0 Å². The molecule has 0 saturated heterocycles. The van der Waals surface area contributed by atoms with Gasteiger partial charge in [-0.1, -0.05) is 127 Å². The molecule has 0 unspecified atom stereocenters. The van der Waals surface area contributed by atoms with Crippen molar-refractivity contribution in [3.8, 4) is 44.9 Å². The van der Waals surface area contributed by atoms with Gasteiger partial charge in [-0.15, -0.1) is 11.3 Å². The molecule has 0 fully saturated rings. The number of benzene rings is 6. The summed E-state index contributed by atoms with van der Waals surface area (Å²) in [6.45, 7) is 0. The fraction of sp³-hybridized carbons (Fsp3) is 0. The summed E-state index contributed by atoms with van der Waals surface area (Å²) >= 11 is 1.84. The van der Waals surface area contributed by atoms with Crippen molar-refractivity contribution in [2.24, 2.45) is 0 Å². The molecule has 0 saturated carbocycles. The summed E-state index contributed by atoms with van der Waals surface area (Å²) in [5.74, 6) is 1.81. The Bertz CT molecular complexity index is 2150. The lowest BCUT2D eigenvalue weighted by Gasteiger charge is -2.10. The average Bonchev–Trinajstić information content (AvgIpc) is 3.59. The molecule has 2 aromatic heterocycles. The third kappa shape index (κ3) is 3.69. The van der Waals surface area contributed by atoms with Gasteiger partial charge in [0, 0.05) is 42.1 Å². The molecule has 0 bridgehead atoms. The summed E-state index contributed by atoms with van der Waals surface area (Å²) in [7, 11) is 0. The van der Waals surface area contributed by atoms with Gasteiger partial charge >= 0.3 is 0 Å². The van der Waals surface area contributed by atoms with Crippen molar-refractivity contribution in [2.45, 2.75) is 0 Å². The minimum Gasteiger partial charge on any atom is -0.455 e. The molecular formula is C38H24OS. The molecule has 1 nitrogen and oxygen atoms in total. The molecule has 188 valence electrons. The SMILES string of the molecule is c1ccc(-c2ccccc2-c2oc(-c3cc4sc5ccccc5c4cc3-c3ccccc3)c3ccccc23)cc1. The van der Waals surface area contributed by atoms with Crippen molar-refractivity contribution in [3.63, 3.8) is 0 Å². The molecule has 8 aromatic rings. The Morgan fingerprint density at radius 1 is 0.350 bits per heavy atom. The first-order valence-corrected chi connectivity index (χ1v) is 14.3. The lowest BCUT2D eigenvalue weighted by Crippen LogP contribution is -1.85. The number of rotatable bonds is 4. The second kappa shape index (κ2) is 9.37. The summed E-state index contributed by atoms with van der Waals surface area (Å²) in [5.41, 5.74) is 6.92. The van der Waals surface area contributed by atoms with E-state index in [9.17, 15) is 0 Å². The molecule has 0 amide bonds. The van der Waals surface area contributed by atoms with E-state index in [0.717, 1.165) is 39.0 Å². The van der Waals surface area contributed by atoms with E-state index in [1.807, 2.05) is 11.3 Å². The van der Waals surface area contributed by atoms with Gasteiger partial charge in [-0.05, 0) is 40.5 Å². The zero-order chi connectivity index (χ0) is 26.5. The first-order valence-electron chi connectivity index (χ1n) is 13.5. The Morgan fingerprint density at radius 3 is 1.57 bits per heavy atom. The van der Waals surface area contributed by atoms with Crippen LogP contribution < -0.4 is 0 Å². The molecule has 0 spiro atoms. The van der Waals surface area contributed by atoms with E-state index in [0.29, 0.717) is 0 Å². The van der Waals surface area contributed by atoms with Gasteiger partial charge in [0.15, 0.2) is 0 Å². The topological polar surface area (TPSA) is 13.1 Å². The van der Waals surface area contributed by atoms with Crippen molar-refractivity contribution >= 4 is 42.3 Å². The standard InChI is InChI=1S/C38H24OS/c1-3-13-25(14-4-1)27-17-7-8-19-29(27)37-30-20-9-10-21-31(30)38(39-37)34-24-36-33(28-18-11-12-22-35(28)40-36)23-32(34)26-15-5-2-6-16-26/h1-24H. The van der Waals surface area contributed by atoms with Gasteiger partial charge in [0.2, 0.25) is 0 Å². The third-order valence-electron chi connectivity index (χ3n) is 7.72. The van der Waals surface area contributed by atoms with Crippen LogP contribution in [0.1, 0.15) is 0 Å². The van der Waals surface area contributed by atoms with Crippen LogP contribution in [0.25, 0.3) is 75.8 Å². The van der Waals surface area contributed by atoms with E-state index in [1.54, 1.807) is 0 Å². The largest absolute Gasteiger partial charge is 0.455 e. The number of hydrogen-bond acceptors (Lipinski definition) is 2. The lowest BCUT2D eigenvalue weighted by molar-refractivity contribution is 0.602. The average molecular weight is 529 g/mol. The van der Waals surface area contributed by atoms with E-state index < -0.39 is 0 Å². The Hall–Kier alpha value is -4.92. The Labute approximate surface area is 236 Å². The summed E-state index contributed by atoms with van der Waals surface area (Å²) in [5, 5.41) is 4.83. The molecule has 6 aromatic carbocycles. The van der Waals surface area contributed by atoms with Gasteiger partial charge in [0.25, 0.3) is 0 Å². The van der Waals surface area contributed by atoms with Crippen LogP contribution in [0.3, 0.4) is 0 Å². The van der Waals surface area contributed by atoms with Gasteiger partial charge in [-0.3, -0.25) is 0 Å². The minimum absolute atomic E-state index is 0.903. The van der Waals surface area contributed by atoms with Crippen molar-refractivity contribution < 1.29 is 4.42 Å². The Kier molecular flexibility index (Phi) is 5.39. The van der Waals surface area contributed by atoms with E-state index in [1.165, 1.54) is 36.9 Å². The smallest absolute Gasteiger partial charge is 0.143 e. The second-order valence-corrected chi connectivity index (χ2v) is 11.2. The molecular weight excluding hydrogens is 504 g/mol. The van der Waals surface area contributed by atoms with Crippen molar-refractivity contribution in [1.29, 1.82) is 0 Å². The fourth-order valence-corrected chi connectivity index (χ4v) is 6.98. The molecule has 0 atom stereocenters. The maximum atomic E-state index is 6.99. The molecule has 40 heavy (non-hydrogen) atoms. The molecule has 0 aliphatic carbocycles. The van der Waals surface area contributed by atoms with Gasteiger partial charge < -0.3 is 4.42 Å². The van der Waals surface area contributed by atoms with Crippen molar-refractivity contribution in [2.75, 3.05) is 0 Å². The molecule has 0 aliphatic heterocycles. The van der Waals surface area contributed by atoms with Crippen molar-refractivity contribution in [3.05, 3.63) is 146 Å². The summed E-state index contributed by atoms with van der Waals surface area (Å²) in [4.78, 5) is 0. The monoisotopic (exact) mass is 528 g/mol. The van der Waals surface area contributed by atoms with E-state index in [-0.39, 0.29) is 0 Å². The minimum atomic E-state index is 0.903. The maximum absolute atomic E-state index is 6.99. The predicted octanol–water partition coefficient (Wildman–Crippen LogP) is 11.5. The lowest BCUT2D eigenvalue weighted by atomic mass is 9.94. The Morgan fingerprint density at radius 2 is 0.875 bits per heavy atom. The number of furan rings is 1. The van der Waals surface area contributed by atoms with Crippen LogP contribution in [0.15, 0.2) is 150 Å². The van der Waals surface area contributed by atoms with E-state index in [4.69, 9.17) is 4.42 Å². The van der Waals surface area contributed by atoms with E-state index in [2.05, 4.69) is 146 Å². The first kappa shape index (κ1) is 23.0. The zero-order valence-electron chi connectivity index (χ0n) is 21.7. The maximum Gasteiger partial charge on any atom is 0.143 e. The summed E-state index contributed by atoms with van der Waals surface area (Å²) < 4.78 is 9.56. The van der Waals surface area contributed by atoms with Crippen LogP contribution >= 0.6 is 11.3 Å². The number of thiophene rings is 1. The first-order chi connectivity index (χ1) is 19.8. The predicted molar refractivity (Wildman–Crippen MR) is 171 cm³/mol. The van der Waals surface area contributed by atoms with Gasteiger partial charge in [0.05, 0.1) is 0 Å². The Balaban J connectivity index is 1.44. The van der Waals surface area contributed by atoms with Crippen molar-refractivity contribution in [1.82, 2.24) is 0 Å². The molecule has 0 N–H and O–H groups in total. The highest BCUT2D eigenvalue weighted by molar-refractivity contribution is 7.25. The van der Waals surface area contributed by atoms with Crippen LogP contribution in [0.5, 0.6) is 0 Å². The van der Waals surface area contributed by atoms with Crippen LogP contribution in [0.4, 0.5) is 0 Å². The second-order valence-electron chi connectivity index (χ2n) is 10.1. The quantitative estimate of drug-likeness (QED) is 0.221. The van der Waals surface area contributed by atoms with Gasteiger partial charge in [0.1, 0.15) is 11.5 Å². The molecule has 0 radical (unpaired) electrons. The summed E-state index contributed by atoms with van der Waals surface area (Å²) in [6.07, 6.45) is 0. The molecule has 2 heterocycles. The van der Waals surface area contributed by atoms with Crippen LogP contribution in [-0.4, -0.2) is 0 Å². The fourth-order valence-electron chi connectivity index (χ4n) is 5.86. The van der Waals surface area contributed by atoms with Gasteiger partial charge in [-0.25, -0.2) is 0 Å². The normalized spacial score (nSPS) is 11.5.